The molecule has 2 aromatic carbocycles. The van der Waals surface area contributed by atoms with Crippen LogP contribution in [-0.4, -0.2) is 35.9 Å². The SMILES string of the molecule is Cc1ccc(N2C(=O)C(Cc3ccccc3)N=C2N(C)C2CCCCC2)cc1. The van der Waals surface area contributed by atoms with Gasteiger partial charge in [0.2, 0.25) is 5.96 Å². The van der Waals surface area contributed by atoms with Crippen LogP contribution in [0.4, 0.5) is 5.69 Å². The first kappa shape index (κ1) is 18.7. The number of aliphatic imine (C=N–C) groups is 1. The van der Waals surface area contributed by atoms with Crippen LogP contribution in [0, 0.1) is 6.92 Å². The van der Waals surface area contributed by atoms with E-state index in [1.54, 1.807) is 0 Å². The quantitative estimate of drug-likeness (QED) is 0.784. The molecule has 4 rings (SSSR count). The number of carbonyl (C=O) groups excluding carboxylic acids is 1. The normalized spacial score (nSPS) is 20.4. The van der Waals surface area contributed by atoms with Crippen LogP contribution in [0.3, 0.4) is 0 Å². The van der Waals surface area contributed by atoms with Crippen LogP contribution in [0.1, 0.15) is 43.2 Å². The number of guanidine groups is 1. The summed E-state index contributed by atoms with van der Waals surface area (Å²) in [5, 5.41) is 0. The molecule has 0 N–H and O–H groups in total. The summed E-state index contributed by atoms with van der Waals surface area (Å²) >= 11 is 0. The first-order valence-corrected chi connectivity index (χ1v) is 10.4. The fourth-order valence-corrected chi connectivity index (χ4v) is 4.29. The molecular weight excluding hydrogens is 346 g/mol. The summed E-state index contributed by atoms with van der Waals surface area (Å²) in [6.07, 6.45) is 6.82. The van der Waals surface area contributed by atoms with Crippen molar-refractivity contribution in [1.82, 2.24) is 4.90 Å². The Bertz CT molecular complexity index is 838. The van der Waals surface area contributed by atoms with Crippen molar-refractivity contribution in [3.63, 3.8) is 0 Å². The van der Waals surface area contributed by atoms with Crippen molar-refractivity contribution in [3.05, 3.63) is 65.7 Å². The summed E-state index contributed by atoms with van der Waals surface area (Å²) in [6, 6.07) is 18.5. The molecular formula is C24H29N3O. The van der Waals surface area contributed by atoms with Gasteiger partial charge in [-0.05, 0) is 37.5 Å². The number of benzene rings is 2. The highest BCUT2D eigenvalue weighted by molar-refractivity contribution is 6.22. The van der Waals surface area contributed by atoms with E-state index in [4.69, 9.17) is 4.99 Å². The molecule has 2 aromatic rings. The Labute approximate surface area is 167 Å². The topological polar surface area (TPSA) is 35.9 Å². The fourth-order valence-electron chi connectivity index (χ4n) is 4.29. The highest BCUT2D eigenvalue weighted by Gasteiger charge is 2.39. The summed E-state index contributed by atoms with van der Waals surface area (Å²) in [4.78, 5) is 22.4. The zero-order chi connectivity index (χ0) is 19.5. The molecule has 4 nitrogen and oxygen atoms in total. The minimum atomic E-state index is -0.357. The van der Waals surface area contributed by atoms with E-state index in [-0.39, 0.29) is 11.9 Å². The molecule has 1 aliphatic heterocycles. The highest BCUT2D eigenvalue weighted by Crippen LogP contribution is 2.29. The minimum Gasteiger partial charge on any atom is -0.342 e. The zero-order valence-corrected chi connectivity index (χ0v) is 16.8. The van der Waals surface area contributed by atoms with Crippen LogP contribution < -0.4 is 4.90 Å². The van der Waals surface area contributed by atoms with E-state index in [9.17, 15) is 4.79 Å². The average Bonchev–Trinajstić information content (AvgIpc) is 3.05. The number of hydrogen-bond acceptors (Lipinski definition) is 3. The maximum atomic E-state index is 13.4. The molecule has 0 saturated heterocycles. The molecule has 0 radical (unpaired) electrons. The molecule has 1 atom stereocenters. The number of amides is 1. The van der Waals surface area contributed by atoms with Crippen LogP contribution >= 0.6 is 0 Å². The Kier molecular flexibility index (Phi) is 5.47. The summed E-state index contributed by atoms with van der Waals surface area (Å²) < 4.78 is 0. The second-order valence-corrected chi connectivity index (χ2v) is 8.05. The third kappa shape index (κ3) is 3.82. The van der Waals surface area contributed by atoms with Crippen molar-refractivity contribution in [3.8, 4) is 0 Å². The van der Waals surface area contributed by atoms with Gasteiger partial charge in [-0.3, -0.25) is 4.79 Å². The van der Waals surface area contributed by atoms with Gasteiger partial charge in [0.15, 0.2) is 0 Å². The van der Waals surface area contributed by atoms with Crippen LogP contribution in [0.15, 0.2) is 59.6 Å². The standard InChI is InChI=1S/C24H29N3O/c1-18-13-15-21(16-14-18)27-23(28)22(17-19-9-5-3-6-10-19)25-24(27)26(2)20-11-7-4-8-12-20/h3,5-6,9-10,13-16,20,22H,4,7-8,11-12,17H2,1-2H3. The van der Waals surface area contributed by atoms with Crippen molar-refractivity contribution in [2.24, 2.45) is 4.99 Å². The third-order valence-corrected chi connectivity index (χ3v) is 5.98. The van der Waals surface area contributed by atoms with E-state index in [1.165, 1.54) is 37.7 Å². The second kappa shape index (κ2) is 8.17. The van der Waals surface area contributed by atoms with Crippen molar-refractivity contribution in [2.75, 3.05) is 11.9 Å². The van der Waals surface area contributed by atoms with Gasteiger partial charge >= 0.3 is 0 Å². The lowest BCUT2D eigenvalue weighted by Crippen LogP contribution is -2.48. The summed E-state index contributed by atoms with van der Waals surface area (Å²) in [5.41, 5.74) is 3.25. The first-order chi connectivity index (χ1) is 13.6. The van der Waals surface area contributed by atoms with E-state index in [0.29, 0.717) is 12.5 Å². The van der Waals surface area contributed by atoms with Crippen molar-refractivity contribution < 1.29 is 4.79 Å². The molecule has 146 valence electrons. The van der Waals surface area contributed by atoms with E-state index < -0.39 is 0 Å². The van der Waals surface area contributed by atoms with E-state index in [0.717, 1.165) is 17.2 Å². The van der Waals surface area contributed by atoms with E-state index in [2.05, 4.69) is 43.1 Å². The number of carbonyl (C=O) groups is 1. The van der Waals surface area contributed by atoms with Crippen LogP contribution in [0.5, 0.6) is 0 Å². The molecule has 1 amide bonds. The largest absolute Gasteiger partial charge is 0.342 e. The van der Waals surface area contributed by atoms with Crippen LogP contribution in [0.2, 0.25) is 0 Å². The van der Waals surface area contributed by atoms with Gasteiger partial charge in [-0.2, -0.15) is 0 Å². The molecule has 1 unspecified atom stereocenters. The molecule has 2 aliphatic rings. The van der Waals surface area contributed by atoms with E-state index in [1.807, 2.05) is 35.2 Å². The molecule has 1 heterocycles. The molecule has 0 spiro atoms. The molecule has 4 heteroatoms. The lowest BCUT2D eigenvalue weighted by atomic mass is 9.94. The fraction of sp³-hybridized carbons (Fsp3) is 0.417. The zero-order valence-electron chi connectivity index (χ0n) is 16.8. The Hall–Kier alpha value is -2.62. The molecule has 28 heavy (non-hydrogen) atoms. The average molecular weight is 376 g/mol. The van der Waals surface area contributed by atoms with Gasteiger partial charge < -0.3 is 4.90 Å². The first-order valence-electron chi connectivity index (χ1n) is 10.4. The van der Waals surface area contributed by atoms with Crippen molar-refractivity contribution in [2.45, 2.75) is 57.5 Å². The molecule has 1 aliphatic carbocycles. The van der Waals surface area contributed by atoms with Gasteiger partial charge in [0, 0.05) is 19.5 Å². The molecule has 1 saturated carbocycles. The van der Waals surface area contributed by atoms with Gasteiger partial charge in [0.05, 0.1) is 5.69 Å². The Balaban J connectivity index is 1.65. The number of aryl methyl sites for hydroxylation is 1. The molecule has 1 fully saturated rings. The second-order valence-electron chi connectivity index (χ2n) is 8.05. The molecule has 0 aromatic heterocycles. The molecule has 0 bridgehead atoms. The number of rotatable bonds is 4. The summed E-state index contributed by atoms with van der Waals surface area (Å²) in [5.74, 6) is 0.882. The third-order valence-electron chi connectivity index (χ3n) is 5.98. The maximum Gasteiger partial charge on any atom is 0.259 e. The Morgan fingerprint density at radius 1 is 1.00 bits per heavy atom. The van der Waals surface area contributed by atoms with Gasteiger partial charge in [-0.25, -0.2) is 9.89 Å². The Morgan fingerprint density at radius 2 is 1.68 bits per heavy atom. The number of anilines is 1. The van der Waals surface area contributed by atoms with Gasteiger partial charge in [0.25, 0.3) is 5.91 Å². The van der Waals surface area contributed by atoms with Gasteiger partial charge in [-0.15, -0.1) is 0 Å². The lowest BCUT2D eigenvalue weighted by molar-refractivity contribution is -0.118. The number of hydrogen-bond donors (Lipinski definition) is 0. The van der Waals surface area contributed by atoms with Gasteiger partial charge in [0.1, 0.15) is 6.04 Å². The minimum absolute atomic E-state index is 0.0744. The van der Waals surface area contributed by atoms with Crippen LogP contribution in [0.25, 0.3) is 0 Å². The highest BCUT2D eigenvalue weighted by atomic mass is 16.2. The summed E-state index contributed by atoms with van der Waals surface area (Å²) in [6.45, 7) is 2.07. The van der Waals surface area contributed by atoms with Crippen molar-refractivity contribution in [1.29, 1.82) is 0 Å². The predicted molar refractivity (Wildman–Crippen MR) is 115 cm³/mol. The van der Waals surface area contributed by atoms with Gasteiger partial charge in [-0.1, -0.05) is 67.3 Å². The van der Waals surface area contributed by atoms with Crippen LogP contribution in [-0.2, 0) is 11.2 Å². The Morgan fingerprint density at radius 3 is 2.36 bits per heavy atom. The summed E-state index contributed by atoms with van der Waals surface area (Å²) in [7, 11) is 2.11. The van der Waals surface area contributed by atoms with Crippen molar-refractivity contribution >= 4 is 17.6 Å². The predicted octanol–water partition coefficient (Wildman–Crippen LogP) is 4.57. The monoisotopic (exact) mass is 375 g/mol. The maximum absolute atomic E-state index is 13.4. The van der Waals surface area contributed by atoms with E-state index >= 15 is 0 Å². The lowest BCUT2D eigenvalue weighted by Gasteiger charge is -2.35. The number of nitrogens with zero attached hydrogens (tertiary/aromatic N) is 3. The smallest absolute Gasteiger partial charge is 0.259 e.